The van der Waals surface area contributed by atoms with E-state index in [2.05, 4.69) is 58.0 Å². The van der Waals surface area contributed by atoms with Crippen LogP contribution in [0.5, 0.6) is 0 Å². The number of aryl methyl sites for hydroxylation is 3. The predicted molar refractivity (Wildman–Crippen MR) is 107 cm³/mol. The number of carbonyl (C=O) groups is 1. The van der Waals surface area contributed by atoms with Crippen LogP contribution < -0.4 is 0 Å². The van der Waals surface area contributed by atoms with E-state index >= 15 is 0 Å². The van der Waals surface area contributed by atoms with Crippen molar-refractivity contribution in [3.8, 4) is 0 Å². The predicted octanol–water partition coefficient (Wildman–Crippen LogP) is 5.04. The molecule has 26 heavy (non-hydrogen) atoms. The zero-order valence-corrected chi connectivity index (χ0v) is 16.2. The number of hydrazone groups is 1. The molecule has 1 aliphatic rings. The van der Waals surface area contributed by atoms with Crippen molar-refractivity contribution in [2.45, 2.75) is 58.9 Å². The van der Waals surface area contributed by atoms with Crippen molar-refractivity contribution in [1.29, 1.82) is 0 Å². The SMILES string of the molecule is Cc1cc(C)cc(C2=NN(C(=O)CCCc3ccccc3)C(C)(C)C2)c1. The molecule has 3 heteroatoms. The molecule has 0 saturated carbocycles. The fourth-order valence-electron chi connectivity index (χ4n) is 3.66. The zero-order chi connectivity index (χ0) is 18.7. The quantitative estimate of drug-likeness (QED) is 0.745. The molecule has 0 radical (unpaired) electrons. The van der Waals surface area contributed by atoms with E-state index in [1.807, 2.05) is 18.2 Å². The Labute approximate surface area is 156 Å². The van der Waals surface area contributed by atoms with Gasteiger partial charge in [-0.05, 0) is 51.7 Å². The van der Waals surface area contributed by atoms with Gasteiger partial charge in [0.15, 0.2) is 0 Å². The Kier molecular flexibility index (Phi) is 5.26. The molecule has 2 aromatic rings. The first-order chi connectivity index (χ1) is 12.3. The summed E-state index contributed by atoms with van der Waals surface area (Å²) in [7, 11) is 0. The Morgan fingerprint density at radius 2 is 1.73 bits per heavy atom. The molecule has 136 valence electrons. The molecule has 3 nitrogen and oxygen atoms in total. The average molecular weight is 348 g/mol. The van der Waals surface area contributed by atoms with Crippen LogP contribution in [-0.4, -0.2) is 22.2 Å². The minimum Gasteiger partial charge on any atom is -0.273 e. The van der Waals surface area contributed by atoms with Crippen LogP contribution in [0.25, 0.3) is 0 Å². The van der Waals surface area contributed by atoms with E-state index in [0.29, 0.717) is 6.42 Å². The molecule has 3 rings (SSSR count). The molecule has 1 heterocycles. The van der Waals surface area contributed by atoms with Crippen LogP contribution in [-0.2, 0) is 11.2 Å². The number of amides is 1. The summed E-state index contributed by atoms with van der Waals surface area (Å²) in [6, 6.07) is 16.8. The summed E-state index contributed by atoms with van der Waals surface area (Å²) in [4.78, 5) is 12.8. The third-order valence-electron chi connectivity index (χ3n) is 4.88. The minimum atomic E-state index is -0.267. The van der Waals surface area contributed by atoms with Gasteiger partial charge < -0.3 is 0 Å². The number of benzene rings is 2. The lowest BCUT2D eigenvalue weighted by Crippen LogP contribution is -2.40. The van der Waals surface area contributed by atoms with Crippen LogP contribution in [0.2, 0.25) is 0 Å². The molecule has 0 atom stereocenters. The van der Waals surface area contributed by atoms with Crippen LogP contribution >= 0.6 is 0 Å². The van der Waals surface area contributed by atoms with Gasteiger partial charge in [0.25, 0.3) is 0 Å². The number of hydrogen-bond donors (Lipinski definition) is 0. The van der Waals surface area contributed by atoms with E-state index < -0.39 is 0 Å². The van der Waals surface area contributed by atoms with Gasteiger partial charge >= 0.3 is 0 Å². The molecule has 0 saturated heterocycles. The van der Waals surface area contributed by atoms with Crippen LogP contribution in [0, 0.1) is 13.8 Å². The molecule has 0 aliphatic carbocycles. The number of hydrogen-bond acceptors (Lipinski definition) is 2. The summed E-state index contributed by atoms with van der Waals surface area (Å²) < 4.78 is 0. The Hall–Kier alpha value is -2.42. The highest BCUT2D eigenvalue weighted by atomic mass is 16.2. The van der Waals surface area contributed by atoms with Crippen molar-refractivity contribution in [2.24, 2.45) is 5.10 Å². The van der Waals surface area contributed by atoms with Crippen molar-refractivity contribution < 1.29 is 4.79 Å². The minimum absolute atomic E-state index is 0.116. The van der Waals surface area contributed by atoms with E-state index in [4.69, 9.17) is 5.10 Å². The van der Waals surface area contributed by atoms with Crippen molar-refractivity contribution >= 4 is 11.6 Å². The van der Waals surface area contributed by atoms with E-state index in [1.54, 1.807) is 5.01 Å². The van der Waals surface area contributed by atoms with Crippen LogP contribution in [0.1, 0.15) is 55.4 Å². The Morgan fingerprint density at radius 1 is 1.08 bits per heavy atom. The first-order valence-electron chi connectivity index (χ1n) is 9.38. The lowest BCUT2D eigenvalue weighted by molar-refractivity contribution is -0.135. The lowest BCUT2D eigenvalue weighted by Gasteiger charge is -2.28. The van der Waals surface area contributed by atoms with Crippen LogP contribution in [0.3, 0.4) is 0 Å². The number of rotatable bonds is 5. The first kappa shape index (κ1) is 18.4. The van der Waals surface area contributed by atoms with Crippen LogP contribution in [0.15, 0.2) is 53.6 Å². The topological polar surface area (TPSA) is 32.7 Å². The van der Waals surface area contributed by atoms with Crippen molar-refractivity contribution in [3.63, 3.8) is 0 Å². The standard InChI is InChI=1S/C23H28N2O/c1-17-13-18(2)15-20(14-17)21-16-23(3,4)25(24-21)22(26)12-8-11-19-9-6-5-7-10-19/h5-7,9-10,13-15H,8,11-12,16H2,1-4H3. The number of carbonyl (C=O) groups excluding carboxylic acids is 1. The van der Waals surface area contributed by atoms with E-state index in [9.17, 15) is 4.79 Å². The molecule has 1 amide bonds. The normalized spacial score (nSPS) is 15.8. The summed E-state index contributed by atoms with van der Waals surface area (Å²) in [5.74, 6) is 0.116. The molecule has 2 aromatic carbocycles. The molecule has 0 spiro atoms. The highest BCUT2D eigenvalue weighted by Crippen LogP contribution is 2.31. The average Bonchev–Trinajstić information content (AvgIpc) is 2.90. The summed E-state index contributed by atoms with van der Waals surface area (Å²) in [5, 5.41) is 6.43. The van der Waals surface area contributed by atoms with Crippen LogP contribution in [0.4, 0.5) is 0 Å². The third kappa shape index (κ3) is 4.21. The molecule has 0 fully saturated rings. The fraction of sp³-hybridized carbons (Fsp3) is 0.391. The van der Waals surface area contributed by atoms with Gasteiger partial charge in [-0.2, -0.15) is 5.10 Å². The van der Waals surface area contributed by atoms with Crippen molar-refractivity contribution in [2.75, 3.05) is 0 Å². The zero-order valence-electron chi connectivity index (χ0n) is 16.2. The van der Waals surface area contributed by atoms with Gasteiger partial charge in [0.05, 0.1) is 11.3 Å². The molecule has 1 aliphatic heterocycles. The molecular weight excluding hydrogens is 320 g/mol. The van der Waals surface area contributed by atoms with Gasteiger partial charge in [0, 0.05) is 12.8 Å². The maximum Gasteiger partial charge on any atom is 0.243 e. The van der Waals surface area contributed by atoms with Crippen molar-refractivity contribution in [1.82, 2.24) is 5.01 Å². The second kappa shape index (κ2) is 7.45. The van der Waals surface area contributed by atoms with E-state index in [-0.39, 0.29) is 11.4 Å². The first-order valence-corrected chi connectivity index (χ1v) is 9.38. The van der Waals surface area contributed by atoms with Gasteiger partial charge in [-0.15, -0.1) is 0 Å². The van der Waals surface area contributed by atoms with Gasteiger partial charge in [0.1, 0.15) is 0 Å². The summed E-state index contributed by atoms with van der Waals surface area (Å²) >= 11 is 0. The molecule has 0 aromatic heterocycles. The van der Waals surface area contributed by atoms with Gasteiger partial charge in [0.2, 0.25) is 5.91 Å². The van der Waals surface area contributed by atoms with Gasteiger partial charge in [-0.25, -0.2) is 5.01 Å². The summed E-state index contributed by atoms with van der Waals surface area (Å²) in [6.45, 7) is 8.40. The number of nitrogens with zero attached hydrogens (tertiary/aromatic N) is 2. The Balaban J connectivity index is 1.69. The van der Waals surface area contributed by atoms with Gasteiger partial charge in [-0.3, -0.25) is 4.79 Å². The molecule has 0 N–H and O–H groups in total. The van der Waals surface area contributed by atoms with Crippen molar-refractivity contribution in [3.05, 3.63) is 70.8 Å². The maximum absolute atomic E-state index is 12.8. The highest BCUT2D eigenvalue weighted by molar-refractivity contribution is 6.03. The summed E-state index contributed by atoms with van der Waals surface area (Å²) in [5.41, 5.74) is 5.62. The van der Waals surface area contributed by atoms with E-state index in [0.717, 1.165) is 30.5 Å². The second-order valence-corrected chi connectivity index (χ2v) is 7.96. The largest absolute Gasteiger partial charge is 0.273 e. The van der Waals surface area contributed by atoms with Gasteiger partial charge in [-0.1, -0.05) is 59.7 Å². The molecule has 0 unspecified atom stereocenters. The monoisotopic (exact) mass is 348 g/mol. The third-order valence-corrected chi connectivity index (χ3v) is 4.88. The smallest absolute Gasteiger partial charge is 0.243 e. The summed E-state index contributed by atoms with van der Waals surface area (Å²) in [6.07, 6.45) is 3.10. The molecular formula is C23H28N2O. The Bertz CT molecular complexity index is 801. The highest BCUT2D eigenvalue weighted by Gasteiger charge is 2.38. The fourth-order valence-corrected chi connectivity index (χ4v) is 3.66. The van der Waals surface area contributed by atoms with E-state index in [1.165, 1.54) is 16.7 Å². The second-order valence-electron chi connectivity index (χ2n) is 7.96. The Morgan fingerprint density at radius 3 is 2.38 bits per heavy atom. The maximum atomic E-state index is 12.8. The lowest BCUT2D eigenvalue weighted by atomic mass is 9.93. The molecule has 0 bridgehead atoms.